The SMILES string of the molecule is CC(=O)Nc1ccc(NCc2cc(F)ccc2Br)cc1Cl. The number of amides is 1. The molecule has 1 amide bonds. The van der Waals surface area contributed by atoms with Gasteiger partial charge < -0.3 is 10.6 Å². The summed E-state index contributed by atoms with van der Waals surface area (Å²) < 4.78 is 14.0. The zero-order valence-electron chi connectivity index (χ0n) is 11.2. The van der Waals surface area contributed by atoms with Crippen molar-refractivity contribution in [2.75, 3.05) is 10.6 Å². The second kappa shape index (κ2) is 6.91. The minimum atomic E-state index is -0.283. The van der Waals surface area contributed by atoms with E-state index in [1.807, 2.05) is 0 Å². The van der Waals surface area contributed by atoms with E-state index in [4.69, 9.17) is 11.6 Å². The summed E-state index contributed by atoms with van der Waals surface area (Å²) in [5.41, 5.74) is 2.14. The molecular weight excluding hydrogens is 359 g/mol. The summed E-state index contributed by atoms with van der Waals surface area (Å²) in [7, 11) is 0. The van der Waals surface area contributed by atoms with Gasteiger partial charge in [0.2, 0.25) is 5.91 Å². The van der Waals surface area contributed by atoms with Crippen molar-refractivity contribution in [1.29, 1.82) is 0 Å². The fourth-order valence-corrected chi connectivity index (χ4v) is 2.41. The predicted octanol–water partition coefficient (Wildman–Crippen LogP) is 4.81. The van der Waals surface area contributed by atoms with E-state index in [0.29, 0.717) is 17.3 Å². The van der Waals surface area contributed by atoms with Crippen LogP contribution in [0.1, 0.15) is 12.5 Å². The van der Waals surface area contributed by atoms with Gasteiger partial charge in [-0.3, -0.25) is 4.79 Å². The first-order valence-corrected chi connectivity index (χ1v) is 7.38. The molecule has 0 unspecified atom stereocenters. The first kappa shape index (κ1) is 15.8. The van der Waals surface area contributed by atoms with Crippen LogP contribution in [0.2, 0.25) is 5.02 Å². The van der Waals surface area contributed by atoms with Crippen molar-refractivity contribution in [2.24, 2.45) is 0 Å². The number of anilines is 2. The molecule has 2 aromatic rings. The standard InChI is InChI=1S/C15H13BrClFN2O/c1-9(21)20-15-5-3-12(7-14(15)17)19-8-10-6-11(18)2-4-13(10)16/h2-7,19H,8H2,1H3,(H,20,21). The molecule has 0 aliphatic heterocycles. The number of carbonyl (C=O) groups excluding carboxylic acids is 1. The van der Waals surface area contributed by atoms with E-state index < -0.39 is 0 Å². The topological polar surface area (TPSA) is 41.1 Å². The number of halogens is 3. The summed E-state index contributed by atoms with van der Waals surface area (Å²) in [6.07, 6.45) is 0. The van der Waals surface area contributed by atoms with E-state index in [1.54, 1.807) is 24.3 Å². The Morgan fingerprint density at radius 2 is 2.05 bits per heavy atom. The van der Waals surface area contributed by atoms with Gasteiger partial charge in [0.15, 0.2) is 0 Å². The highest BCUT2D eigenvalue weighted by molar-refractivity contribution is 9.10. The van der Waals surface area contributed by atoms with Crippen LogP contribution in [-0.4, -0.2) is 5.91 Å². The molecule has 21 heavy (non-hydrogen) atoms. The lowest BCUT2D eigenvalue weighted by Gasteiger charge is -2.11. The molecule has 0 aromatic heterocycles. The molecule has 0 atom stereocenters. The minimum absolute atomic E-state index is 0.179. The van der Waals surface area contributed by atoms with Crippen LogP contribution >= 0.6 is 27.5 Å². The molecule has 3 nitrogen and oxygen atoms in total. The largest absolute Gasteiger partial charge is 0.381 e. The molecule has 0 aliphatic carbocycles. The maximum absolute atomic E-state index is 13.2. The van der Waals surface area contributed by atoms with Gasteiger partial charge in [0.05, 0.1) is 10.7 Å². The van der Waals surface area contributed by atoms with Crippen molar-refractivity contribution in [3.8, 4) is 0 Å². The van der Waals surface area contributed by atoms with E-state index in [2.05, 4.69) is 26.6 Å². The van der Waals surface area contributed by atoms with Crippen LogP contribution in [0, 0.1) is 5.82 Å². The summed E-state index contributed by atoms with van der Waals surface area (Å²) in [5, 5.41) is 6.23. The Bertz CT molecular complexity index is 679. The Labute approximate surface area is 135 Å². The second-order valence-corrected chi connectivity index (χ2v) is 5.73. The predicted molar refractivity (Wildman–Crippen MR) is 87.2 cm³/mol. The molecule has 0 radical (unpaired) electrons. The summed E-state index contributed by atoms with van der Waals surface area (Å²) >= 11 is 9.46. The van der Waals surface area contributed by atoms with Gasteiger partial charge in [-0.15, -0.1) is 0 Å². The number of hydrogen-bond acceptors (Lipinski definition) is 2. The molecule has 2 N–H and O–H groups in total. The third kappa shape index (κ3) is 4.44. The highest BCUT2D eigenvalue weighted by atomic mass is 79.9. The van der Waals surface area contributed by atoms with E-state index in [0.717, 1.165) is 15.7 Å². The zero-order valence-corrected chi connectivity index (χ0v) is 13.6. The smallest absolute Gasteiger partial charge is 0.221 e. The molecule has 0 heterocycles. The minimum Gasteiger partial charge on any atom is -0.381 e. The summed E-state index contributed by atoms with van der Waals surface area (Å²) in [6.45, 7) is 1.87. The Kier molecular flexibility index (Phi) is 5.20. The average molecular weight is 372 g/mol. The van der Waals surface area contributed by atoms with Gasteiger partial charge in [0, 0.05) is 23.6 Å². The Morgan fingerprint density at radius 3 is 2.71 bits per heavy atom. The Balaban J connectivity index is 2.08. The van der Waals surface area contributed by atoms with E-state index in [9.17, 15) is 9.18 Å². The van der Waals surface area contributed by atoms with Crippen molar-refractivity contribution in [3.05, 3.63) is 57.3 Å². The number of nitrogens with one attached hydrogen (secondary N) is 2. The molecule has 0 fully saturated rings. The molecule has 2 rings (SSSR count). The maximum Gasteiger partial charge on any atom is 0.221 e. The molecule has 0 saturated heterocycles. The fourth-order valence-electron chi connectivity index (χ4n) is 1.79. The van der Waals surface area contributed by atoms with Gasteiger partial charge in [0.25, 0.3) is 0 Å². The van der Waals surface area contributed by atoms with Gasteiger partial charge in [-0.2, -0.15) is 0 Å². The highest BCUT2D eigenvalue weighted by Gasteiger charge is 2.05. The van der Waals surface area contributed by atoms with Gasteiger partial charge >= 0.3 is 0 Å². The molecule has 2 aromatic carbocycles. The third-order valence-electron chi connectivity index (χ3n) is 2.77. The second-order valence-electron chi connectivity index (χ2n) is 4.47. The molecule has 0 aliphatic rings. The van der Waals surface area contributed by atoms with Crippen molar-refractivity contribution in [3.63, 3.8) is 0 Å². The number of rotatable bonds is 4. The number of carbonyl (C=O) groups is 1. The lowest BCUT2D eigenvalue weighted by atomic mass is 10.2. The van der Waals surface area contributed by atoms with E-state index >= 15 is 0 Å². The van der Waals surface area contributed by atoms with Crippen LogP contribution in [0.4, 0.5) is 15.8 Å². The molecule has 0 bridgehead atoms. The normalized spacial score (nSPS) is 10.3. The van der Waals surface area contributed by atoms with Crippen molar-refractivity contribution >= 4 is 44.8 Å². The Morgan fingerprint density at radius 1 is 1.29 bits per heavy atom. The fraction of sp³-hybridized carbons (Fsp3) is 0.133. The third-order valence-corrected chi connectivity index (χ3v) is 3.86. The maximum atomic E-state index is 13.2. The number of hydrogen-bond donors (Lipinski definition) is 2. The van der Waals surface area contributed by atoms with Gasteiger partial charge in [-0.05, 0) is 42.0 Å². The van der Waals surface area contributed by atoms with Crippen LogP contribution in [0.25, 0.3) is 0 Å². The van der Waals surface area contributed by atoms with Crippen LogP contribution in [0.3, 0.4) is 0 Å². The van der Waals surface area contributed by atoms with Crippen LogP contribution in [0.5, 0.6) is 0 Å². The summed E-state index contributed by atoms with van der Waals surface area (Å²) in [5.74, 6) is -0.463. The van der Waals surface area contributed by atoms with Crippen molar-refractivity contribution in [2.45, 2.75) is 13.5 Å². The van der Waals surface area contributed by atoms with Crippen LogP contribution < -0.4 is 10.6 Å². The van der Waals surface area contributed by atoms with Crippen molar-refractivity contribution in [1.82, 2.24) is 0 Å². The van der Waals surface area contributed by atoms with Gasteiger partial charge in [-0.25, -0.2) is 4.39 Å². The van der Waals surface area contributed by atoms with Crippen LogP contribution in [-0.2, 0) is 11.3 Å². The van der Waals surface area contributed by atoms with Crippen LogP contribution in [0.15, 0.2) is 40.9 Å². The van der Waals surface area contributed by atoms with Crippen molar-refractivity contribution < 1.29 is 9.18 Å². The average Bonchev–Trinajstić information content (AvgIpc) is 2.42. The lowest BCUT2D eigenvalue weighted by Crippen LogP contribution is -2.06. The molecule has 110 valence electrons. The lowest BCUT2D eigenvalue weighted by molar-refractivity contribution is -0.114. The van der Waals surface area contributed by atoms with E-state index in [-0.39, 0.29) is 11.7 Å². The summed E-state index contributed by atoms with van der Waals surface area (Å²) in [4.78, 5) is 11.0. The molecular formula is C15H13BrClFN2O. The monoisotopic (exact) mass is 370 g/mol. The first-order valence-electron chi connectivity index (χ1n) is 6.20. The summed E-state index contributed by atoms with van der Waals surface area (Å²) in [6, 6.07) is 9.74. The quantitative estimate of drug-likeness (QED) is 0.809. The zero-order chi connectivity index (χ0) is 15.4. The Hall–Kier alpha value is -1.59. The van der Waals surface area contributed by atoms with Gasteiger partial charge in [0.1, 0.15) is 5.82 Å². The first-order chi connectivity index (χ1) is 9.95. The molecule has 0 saturated carbocycles. The molecule has 0 spiro atoms. The highest BCUT2D eigenvalue weighted by Crippen LogP contribution is 2.26. The molecule has 6 heteroatoms. The van der Waals surface area contributed by atoms with Gasteiger partial charge in [-0.1, -0.05) is 27.5 Å². The number of benzene rings is 2. The van der Waals surface area contributed by atoms with E-state index in [1.165, 1.54) is 19.1 Å².